The number of carbonyl (C=O) groups is 1. The van der Waals surface area contributed by atoms with Gasteiger partial charge in [-0.25, -0.2) is 4.98 Å². The second-order valence-electron chi connectivity index (χ2n) is 5.04. The second-order valence-corrected chi connectivity index (χ2v) is 5.97. The van der Waals surface area contributed by atoms with E-state index in [1.54, 1.807) is 0 Å². The maximum Gasteiger partial charge on any atom is 0.257 e. The van der Waals surface area contributed by atoms with Gasteiger partial charge in [0, 0.05) is 26.2 Å². The number of morpholine rings is 1. The number of thioether (sulfide) groups is 1. The average molecular weight is 321 g/mol. The molecule has 1 aliphatic heterocycles. The monoisotopic (exact) mass is 321 g/mol. The fourth-order valence-corrected chi connectivity index (χ4v) is 2.94. The maximum absolute atomic E-state index is 11.8. The molecule has 0 saturated carbocycles. The molecule has 6 nitrogen and oxygen atoms in total. The van der Waals surface area contributed by atoms with Gasteiger partial charge < -0.3 is 14.5 Å². The first kappa shape index (κ1) is 15.3. The molecule has 1 aromatic heterocycles. The van der Waals surface area contributed by atoms with Crippen molar-refractivity contribution in [2.75, 3.05) is 45.1 Å². The number of aromatic nitrogens is 1. The van der Waals surface area contributed by atoms with Gasteiger partial charge in [-0.05, 0) is 12.1 Å². The summed E-state index contributed by atoms with van der Waals surface area (Å²) < 4.78 is 10.9. The first-order chi connectivity index (χ1) is 10.8. The molecule has 2 heterocycles. The van der Waals surface area contributed by atoms with Crippen LogP contribution in [0.15, 0.2) is 33.9 Å². The lowest BCUT2D eigenvalue weighted by Crippen LogP contribution is -2.41. The summed E-state index contributed by atoms with van der Waals surface area (Å²) in [5.74, 6) is 0.316. The van der Waals surface area contributed by atoms with E-state index in [2.05, 4.69) is 15.2 Å². The van der Waals surface area contributed by atoms with E-state index >= 15 is 0 Å². The molecular formula is C15H19N3O3S. The molecule has 22 heavy (non-hydrogen) atoms. The number of oxazole rings is 1. The first-order valence-corrected chi connectivity index (χ1v) is 8.35. The highest BCUT2D eigenvalue weighted by Gasteiger charge is 2.11. The van der Waals surface area contributed by atoms with E-state index in [4.69, 9.17) is 9.15 Å². The Morgan fingerprint density at radius 2 is 2.14 bits per heavy atom. The molecule has 118 valence electrons. The Morgan fingerprint density at radius 3 is 2.95 bits per heavy atom. The number of para-hydroxylation sites is 2. The number of ether oxygens (including phenoxy) is 1. The van der Waals surface area contributed by atoms with Gasteiger partial charge in [0.05, 0.1) is 19.0 Å². The lowest BCUT2D eigenvalue weighted by molar-refractivity contribution is -0.118. The summed E-state index contributed by atoms with van der Waals surface area (Å²) in [5.41, 5.74) is 1.57. The molecule has 7 heteroatoms. The minimum Gasteiger partial charge on any atom is -0.431 e. The number of nitrogens with one attached hydrogen (secondary N) is 1. The van der Waals surface area contributed by atoms with Crippen LogP contribution in [0.2, 0.25) is 0 Å². The zero-order valence-electron chi connectivity index (χ0n) is 12.3. The molecule has 1 aliphatic rings. The molecule has 2 aromatic rings. The minimum absolute atomic E-state index is 0.000477. The molecule has 1 fully saturated rings. The van der Waals surface area contributed by atoms with E-state index in [1.165, 1.54) is 11.8 Å². The van der Waals surface area contributed by atoms with Crippen molar-refractivity contribution in [2.24, 2.45) is 0 Å². The predicted molar refractivity (Wildman–Crippen MR) is 85.0 cm³/mol. The highest BCUT2D eigenvalue weighted by atomic mass is 32.2. The quantitative estimate of drug-likeness (QED) is 0.811. The third-order valence-corrected chi connectivity index (χ3v) is 4.28. The van der Waals surface area contributed by atoms with Crippen LogP contribution >= 0.6 is 11.8 Å². The number of hydrogen-bond acceptors (Lipinski definition) is 6. The van der Waals surface area contributed by atoms with E-state index in [0.29, 0.717) is 17.5 Å². The molecular weight excluding hydrogens is 302 g/mol. The number of amides is 1. The van der Waals surface area contributed by atoms with Crippen LogP contribution in [0, 0.1) is 0 Å². The van der Waals surface area contributed by atoms with Crippen LogP contribution in [-0.2, 0) is 9.53 Å². The fourth-order valence-electron chi connectivity index (χ4n) is 2.27. The number of hydrogen-bond donors (Lipinski definition) is 1. The summed E-state index contributed by atoms with van der Waals surface area (Å²) in [6, 6.07) is 7.58. The van der Waals surface area contributed by atoms with Crippen LogP contribution in [0.3, 0.4) is 0 Å². The van der Waals surface area contributed by atoms with E-state index < -0.39 is 0 Å². The molecule has 0 atom stereocenters. The van der Waals surface area contributed by atoms with Gasteiger partial charge in [-0.15, -0.1) is 0 Å². The highest BCUT2D eigenvalue weighted by molar-refractivity contribution is 7.99. The van der Waals surface area contributed by atoms with Gasteiger partial charge in [-0.1, -0.05) is 23.9 Å². The fraction of sp³-hybridized carbons (Fsp3) is 0.467. The number of benzene rings is 1. The first-order valence-electron chi connectivity index (χ1n) is 7.36. The Morgan fingerprint density at radius 1 is 1.32 bits per heavy atom. The third-order valence-electron chi connectivity index (χ3n) is 3.45. The lowest BCUT2D eigenvalue weighted by Gasteiger charge is -2.26. The van der Waals surface area contributed by atoms with Crippen molar-refractivity contribution >= 4 is 28.8 Å². The van der Waals surface area contributed by atoms with Crippen LogP contribution in [0.4, 0.5) is 0 Å². The Hall–Kier alpha value is -1.57. The normalized spacial score (nSPS) is 16.0. The number of carbonyl (C=O) groups excluding carboxylic acids is 1. The maximum atomic E-state index is 11.8. The van der Waals surface area contributed by atoms with Crippen LogP contribution < -0.4 is 5.32 Å². The van der Waals surface area contributed by atoms with Crippen molar-refractivity contribution in [1.82, 2.24) is 15.2 Å². The Balaban J connectivity index is 1.38. The van der Waals surface area contributed by atoms with Crippen molar-refractivity contribution < 1.29 is 13.9 Å². The number of nitrogens with zero attached hydrogens (tertiary/aromatic N) is 2. The van der Waals surface area contributed by atoms with E-state index in [0.717, 1.165) is 43.9 Å². The van der Waals surface area contributed by atoms with Crippen molar-refractivity contribution in [3.05, 3.63) is 24.3 Å². The summed E-state index contributed by atoms with van der Waals surface area (Å²) in [6.45, 7) is 4.96. The second kappa shape index (κ2) is 7.62. The SMILES string of the molecule is O=C(CSc1nc2ccccc2o1)NCCN1CCOCC1. The topological polar surface area (TPSA) is 67.6 Å². The average Bonchev–Trinajstić information content (AvgIpc) is 2.97. The molecule has 0 radical (unpaired) electrons. The summed E-state index contributed by atoms with van der Waals surface area (Å²) in [7, 11) is 0. The highest BCUT2D eigenvalue weighted by Crippen LogP contribution is 2.22. The largest absolute Gasteiger partial charge is 0.431 e. The van der Waals surface area contributed by atoms with Crippen molar-refractivity contribution in [2.45, 2.75) is 5.22 Å². The van der Waals surface area contributed by atoms with Crippen LogP contribution in [0.1, 0.15) is 0 Å². The zero-order valence-corrected chi connectivity index (χ0v) is 13.1. The molecule has 1 saturated heterocycles. The Bertz CT molecular complexity index is 592. The van der Waals surface area contributed by atoms with Crippen molar-refractivity contribution in [1.29, 1.82) is 0 Å². The molecule has 1 amide bonds. The van der Waals surface area contributed by atoms with Gasteiger partial charge in [-0.3, -0.25) is 9.69 Å². The molecule has 0 unspecified atom stereocenters. The molecule has 1 aromatic carbocycles. The van der Waals surface area contributed by atoms with Gasteiger partial charge in [0.25, 0.3) is 5.22 Å². The van der Waals surface area contributed by atoms with E-state index in [9.17, 15) is 4.79 Å². The summed E-state index contributed by atoms with van der Waals surface area (Å²) in [6.07, 6.45) is 0. The van der Waals surface area contributed by atoms with Gasteiger partial charge >= 0.3 is 0 Å². The minimum atomic E-state index is 0.000477. The molecule has 0 spiro atoms. The molecule has 3 rings (SSSR count). The van der Waals surface area contributed by atoms with Gasteiger partial charge in [0.2, 0.25) is 5.91 Å². The Labute approximate surface area is 133 Å². The van der Waals surface area contributed by atoms with Gasteiger partial charge in [0.1, 0.15) is 5.52 Å². The summed E-state index contributed by atoms with van der Waals surface area (Å²) >= 11 is 1.32. The van der Waals surface area contributed by atoms with Crippen LogP contribution in [0.5, 0.6) is 0 Å². The smallest absolute Gasteiger partial charge is 0.257 e. The Kier molecular flexibility index (Phi) is 5.31. The van der Waals surface area contributed by atoms with Gasteiger partial charge in [0.15, 0.2) is 5.58 Å². The summed E-state index contributed by atoms with van der Waals surface area (Å²) in [4.78, 5) is 18.5. The third kappa shape index (κ3) is 4.22. The van der Waals surface area contributed by atoms with E-state index in [-0.39, 0.29) is 5.91 Å². The molecule has 1 N–H and O–H groups in total. The van der Waals surface area contributed by atoms with Crippen LogP contribution in [-0.4, -0.2) is 60.9 Å². The van der Waals surface area contributed by atoms with Gasteiger partial charge in [-0.2, -0.15) is 0 Å². The number of fused-ring (bicyclic) bond motifs is 1. The lowest BCUT2D eigenvalue weighted by atomic mass is 10.3. The van der Waals surface area contributed by atoms with Crippen molar-refractivity contribution in [3.8, 4) is 0 Å². The zero-order chi connectivity index (χ0) is 15.2. The van der Waals surface area contributed by atoms with E-state index in [1.807, 2.05) is 24.3 Å². The standard InChI is InChI=1S/C15H19N3O3S/c19-14(16-5-6-18-7-9-20-10-8-18)11-22-15-17-12-3-1-2-4-13(12)21-15/h1-4H,5-11H2,(H,16,19). The van der Waals surface area contributed by atoms with Crippen molar-refractivity contribution in [3.63, 3.8) is 0 Å². The molecule has 0 bridgehead atoms. The molecule has 0 aliphatic carbocycles. The predicted octanol–water partition coefficient (Wildman–Crippen LogP) is 1.37. The summed E-state index contributed by atoms with van der Waals surface area (Å²) in [5, 5.41) is 3.45. The van der Waals surface area contributed by atoms with Crippen LogP contribution in [0.25, 0.3) is 11.1 Å². The number of rotatable bonds is 6.